The zero-order valence-corrected chi connectivity index (χ0v) is 31.4. The van der Waals surface area contributed by atoms with Gasteiger partial charge < -0.3 is 13.4 Å². The highest BCUT2D eigenvalue weighted by Crippen LogP contribution is 2.42. The van der Waals surface area contributed by atoms with E-state index in [1.807, 2.05) is 42.5 Å². The summed E-state index contributed by atoms with van der Waals surface area (Å²) in [6.45, 7) is 0. The molecule has 0 radical (unpaired) electrons. The maximum Gasteiger partial charge on any atom is 0.164 e. The normalized spacial score (nSPS) is 12.1. The molecule has 0 unspecified atom stereocenters. The van der Waals surface area contributed by atoms with Gasteiger partial charge >= 0.3 is 0 Å². The molecule has 0 saturated carbocycles. The Morgan fingerprint density at radius 3 is 1.64 bits per heavy atom. The van der Waals surface area contributed by atoms with Gasteiger partial charge in [-0.2, -0.15) is 0 Å². The molecule has 4 heterocycles. The number of aromatic nitrogens is 4. The Hall–Kier alpha value is -8.09. The van der Waals surface area contributed by atoms with Gasteiger partial charge in [-0.15, -0.1) is 0 Å². The first-order valence-corrected chi connectivity index (χ1v) is 19.8. The smallest absolute Gasteiger partial charge is 0.164 e. The van der Waals surface area contributed by atoms with Gasteiger partial charge in [-0.3, -0.25) is 0 Å². The Morgan fingerprint density at radius 2 is 0.864 bits per heavy atom. The van der Waals surface area contributed by atoms with Crippen LogP contribution in [0.25, 0.3) is 127 Å². The maximum atomic E-state index is 6.80. The van der Waals surface area contributed by atoms with Gasteiger partial charge in [0.05, 0.1) is 16.7 Å². The standard InChI is InChI=1S/C53H30N4O2/c1-2-12-32-25-35(22-21-31(32)11-1)51-54-52(36-23-24-49-42(27-36)39-16-6-9-19-47(39)58-49)56-53(55-51)37-28-43-40-17-7-10-20-48(40)59-50(43)46(30-37)57-44-18-8-5-15-38(44)41-26-33-13-3-4-14-34(33)29-45(41)57/h1-30H. The third-order valence-corrected chi connectivity index (χ3v) is 11.8. The number of fused-ring (bicyclic) bond motifs is 11. The number of hydrogen-bond donors (Lipinski definition) is 0. The SMILES string of the molecule is c1ccc2cc(-c3nc(-c4ccc5oc6ccccc6c5c4)nc(-c4cc(-n5c6ccccc6c6cc7ccccc7cc65)c5oc6ccccc6c5c4)n3)ccc2c1. The van der Waals surface area contributed by atoms with E-state index in [0.29, 0.717) is 17.5 Å². The van der Waals surface area contributed by atoms with Gasteiger partial charge in [-0.25, -0.2) is 15.0 Å². The average Bonchev–Trinajstić information content (AvgIpc) is 3.97. The second-order valence-corrected chi connectivity index (χ2v) is 15.2. The molecule has 59 heavy (non-hydrogen) atoms. The van der Waals surface area contributed by atoms with Crippen LogP contribution in [0.15, 0.2) is 191 Å². The van der Waals surface area contributed by atoms with E-state index in [-0.39, 0.29) is 0 Å². The second-order valence-electron chi connectivity index (χ2n) is 15.2. The van der Waals surface area contributed by atoms with Gasteiger partial charge in [0.1, 0.15) is 16.7 Å². The molecular weight excluding hydrogens is 725 g/mol. The van der Waals surface area contributed by atoms with Crippen molar-refractivity contribution in [1.82, 2.24) is 19.5 Å². The molecule has 6 nitrogen and oxygen atoms in total. The Balaban J connectivity index is 1.11. The summed E-state index contributed by atoms with van der Waals surface area (Å²) in [5, 5.41) is 11.1. The minimum atomic E-state index is 0.565. The van der Waals surface area contributed by atoms with Crippen molar-refractivity contribution in [3.63, 3.8) is 0 Å². The molecule has 0 saturated heterocycles. The first-order valence-electron chi connectivity index (χ1n) is 19.8. The van der Waals surface area contributed by atoms with Crippen LogP contribution in [0.4, 0.5) is 0 Å². The Bertz CT molecular complexity index is 3870. The fourth-order valence-corrected chi connectivity index (χ4v) is 8.98. The van der Waals surface area contributed by atoms with Crippen molar-refractivity contribution < 1.29 is 8.83 Å². The van der Waals surface area contributed by atoms with E-state index < -0.39 is 0 Å². The van der Waals surface area contributed by atoms with Gasteiger partial charge in [-0.05, 0) is 88.3 Å². The molecule has 0 amide bonds. The molecule has 0 N–H and O–H groups in total. The van der Waals surface area contributed by atoms with Crippen LogP contribution in [0.3, 0.4) is 0 Å². The Labute approximate surface area is 336 Å². The van der Waals surface area contributed by atoms with E-state index in [1.165, 1.54) is 21.5 Å². The fourth-order valence-electron chi connectivity index (χ4n) is 8.98. The number of para-hydroxylation sites is 3. The zero-order chi connectivity index (χ0) is 38.6. The topological polar surface area (TPSA) is 69.9 Å². The summed E-state index contributed by atoms with van der Waals surface area (Å²) in [6.07, 6.45) is 0. The first kappa shape index (κ1) is 32.0. The lowest BCUT2D eigenvalue weighted by atomic mass is 10.0. The molecule has 0 aliphatic carbocycles. The number of furan rings is 2. The van der Waals surface area contributed by atoms with E-state index in [0.717, 1.165) is 88.1 Å². The van der Waals surface area contributed by atoms with Gasteiger partial charge in [-0.1, -0.05) is 115 Å². The largest absolute Gasteiger partial charge is 0.456 e. The third-order valence-electron chi connectivity index (χ3n) is 11.8. The summed E-state index contributed by atoms with van der Waals surface area (Å²) in [6, 6.07) is 63.4. The Morgan fingerprint density at radius 1 is 0.322 bits per heavy atom. The van der Waals surface area contributed by atoms with Crippen molar-refractivity contribution in [2.45, 2.75) is 0 Å². The van der Waals surface area contributed by atoms with Gasteiger partial charge in [0.2, 0.25) is 0 Å². The summed E-state index contributed by atoms with van der Waals surface area (Å²) < 4.78 is 15.3. The van der Waals surface area contributed by atoms with Gasteiger partial charge in [0.15, 0.2) is 23.1 Å². The lowest BCUT2D eigenvalue weighted by Crippen LogP contribution is -2.01. The van der Waals surface area contributed by atoms with Gasteiger partial charge in [0.25, 0.3) is 0 Å². The molecule has 13 rings (SSSR count). The predicted molar refractivity (Wildman–Crippen MR) is 240 cm³/mol. The van der Waals surface area contributed by atoms with Crippen molar-refractivity contribution >= 4 is 87.2 Å². The summed E-state index contributed by atoms with van der Waals surface area (Å²) >= 11 is 0. The monoisotopic (exact) mass is 754 g/mol. The molecule has 0 atom stereocenters. The molecule has 9 aromatic carbocycles. The van der Waals surface area contributed by atoms with Crippen LogP contribution in [0.2, 0.25) is 0 Å². The van der Waals surface area contributed by atoms with E-state index >= 15 is 0 Å². The molecule has 13 aromatic rings. The molecule has 0 bridgehead atoms. The number of nitrogens with zero attached hydrogens (tertiary/aromatic N) is 4. The van der Waals surface area contributed by atoms with Crippen molar-refractivity contribution in [2.75, 3.05) is 0 Å². The maximum absolute atomic E-state index is 6.80. The molecule has 0 fully saturated rings. The van der Waals surface area contributed by atoms with E-state index in [1.54, 1.807) is 0 Å². The van der Waals surface area contributed by atoms with E-state index in [9.17, 15) is 0 Å². The third kappa shape index (κ3) is 4.90. The number of benzene rings is 9. The average molecular weight is 755 g/mol. The highest BCUT2D eigenvalue weighted by molar-refractivity contribution is 6.16. The summed E-state index contributed by atoms with van der Waals surface area (Å²) in [7, 11) is 0. The summed E-state index contributed by atoms with van der Waals surface area (Å²) in [4.78, 5) is 15.8. The van der Waals surface area contributed by atoms with Crippen molar-refractivity contribution in [1.29, 1.82) is 0 Å². The second kappa shape index (κ2) is 12.2. The van der Waals surface area contributed by atoms with Crippen LogP contribution < -0.4 is 0 Å². The van der Waals surface area contributed by atoms with Crippen molar-refractivity contribution in [2.24, 2.45) is 0 Å². The number of hydrogen-bond acceptors (Lipinski definition) is 5. The zero-order valence-electron chi connectivity index (χ0n) is 31.4. The highest BCUT2D eigenvalue weighted by Gasteiger charge is 2.22. The van der Waals surface area contributed by atoms with Crippen LogP contribution in [0.5, 0.6) is 0 Å². The van der Waals surface area contributed by atoms with Crippen molar-refractivity contribution in [3.05, 3.63) is 182 Å². The quantitative estimate of drug-likeness (QED) is 0.179. The van der Waals surface area contributed by atoms with Crippen LogP contribution in [0, 0.1) is 0 Å². The van der Waals surface area contributed by atoms with E-state index in [2.05, 4.69) is 144 Å². The molecule has 6 heteroatoms. The van der Waals surface area contributed by atoms with Crippen LogP contribution in [-0.4, -0.2) is 19.5 Å². The summed E-state index contributed by atoms with van der Waals surface area (Å²) in [5.41, 5.74) is 9.02. The fraction of sp³-hybridized carbons (Fsp3) is 0. The number of rotatable bonds is 4. The van der Waals surface area contributed by atoms with Crippen LogP contribution in [0.1, 0.15) is 0 Å². The van der Waals surface area contributed by atoms with Crippen LogP contribution >= 0.6 is 0 Å². The van der Waals surface area contributed by atoms with Gasteiger partial charge in [0, 0.05) is 49.0 Å². The molecule has 4 aromatic heterocycles. The van der Waals surface area contributed by atoms with E-state index in [4.69, 9.17) is 23.8 Å². The van der Waals surface area contributed by atoms with Crippen molar-refractivity contribution in [3.8, 4) is 39.9 Å². The predicted octanol–water partition coefficient (Wildman–Crippen LogP) is 14.1. The Kier molecular flexibility index (Phi) is 6.63. The minimum absolute atomic E-state index is 0.565. The summed E-state index contributed by atoms with van der Waals surface area (Å²) in [5.74, 6) is 1.73. The highest BCUT2D eigenvalue weighted by atomic mass is 16.3. The molecular formula is C53H30N4O2. The lowest BCUT2D eigenvalue weighted by molar-refractivity contribution is 0.666. The van der Waals surface area contributed by atoms with Crippen LogP contribution in [-0.2, 0) is 0 Å². The minimum Gasteiger partial charge on any atom is -0.456 e. The first-order chi connectivity index (χ1) is 29.2. The molecule has 0 spiro atoms. The molecule has 0 aliphatic heterocycles. The lowest BCUT2D eigenvalue weighted by Gasteiger charge is -2.13. The molecule has 274 valence electrons. The molecule has 0 aliphatic rings.